The van der Waals surface area contributed by atoms with Crippen LogP contribution in [-0.2, 0) is 6.54 Å². The Kier molecular flexibility index (Phi) is 3.22. The third-order valence-corrected chi connectivity index (χ3v) is 3.33. The topological polar surface area (TPSA) is 17.8 Å². The van der Waals surface area contributed by atoms with Crippen LogP contribution in [0.25, 0.3) is 0 Å². The van der Waals surface area contributed by atoms with Crippen molar-refractivity contribution in [1.29, 1.82) is 0 Å². The van der Waals surface area contributed by atoms with Gasteiger partial charge >= 0.3 is 0 Å². The Labute approximate surface area is 105 Å². The van der Waals surface area contributed by atoms with Gasteiger partial charge in [0.05, 0.1) is 6.54 Å². The van der Waals surface area contributed by atoms with Gasteiger partial charge in [-0.3, -0.25) is 4.68 Å². The third-order valence-electron chi connectivity index (χ3n) is 2.27. The fraction of sp³-hybridized carbons (Fsp3) is 0.182. The molecule has 0 bridgehead atoms. The van der Waals surface area contributed by atoms with Crippen LogP contribution in [0.2, 0.25) is 0 Å². The minimum Gasteiger partial charge on any atom is -0.267 e. The molecule has 2 rings (SSSR count). The second-order valence-corrected chi connectivity index (χ2v) is 4.52. The van der Waals surface area contributed by atoms with Crippen molar-refractivity contribution in [2.24, 2.45) is 0 Å². The highest BCUT2D eigenvalue weighted by molar-refractivity contribution is 14.1. The van der Waals surface area contributed by atoms with Gasteiger partial charge in [-0.1, -0.05) is 6.07 Å². The normalized spacial score (nSPS) is 10.8. The van der Waals surface area contributed by atoms with Crippen LogP contribution in [0.5, 0.6) is 0 Å². The highest BCUT2D eigenvalue weighted by Crippen LogP contribution is 2.15. The van der Waals surface area contributed by atoms with Crippen LogP contribution in [0.4, 0.5) is 8.78 Å². The first-order chi connectivity index (χ1) is 7.58. The summed E-state index contributed by atoms with van der Waals surface area (Å²) in [4.78, 5) is 0. The summed E-state index contributed by atoms with van der Waals surface area (Å²) in [5, 5.41) is 4.16. The largest absolute Gasteiger partial charge is 0.267 e. The molecule has 0 saturated carbocycles. The molecular weight excluding hydrogens is 325 g/mol. The molecule has 0 radical (unpaired) electrons. The summed E-state index contributed by atoms with van der Waals surface area (Å²) in [7, 11) is 0. The van der Waals surface area contributed by atoms with Crippen LogP contribution in [-0.4, -0.2) is 9.78 Å². The lowest BCUT2D eigenvalue weighted by Gasteiger charge is -2.04. The lowest BCUT2D eigenvalue weighted by atomic mass is 10.2. The summed E-state index contributed by atoms with van der Waals surface area (Å²) >= 11 is 2.09. The van der Waals surface area contributed by atoms with Crippen molar-refractivity contribution in [3.8, 4) is 0 Å². The molecule has 2 nitrogen and oxygen atoms in total. The fourth-order valence-electron chi connectivity index (χ4n) is 1.42. The minimum absolute atomic E-state index is 0.0430. The van der Waals surface area contributed by atoms with Crippen molar-refractivity contribution in [2.45, 2.75) is 13.5 Å². The summed E-state index contributed by atoms with van der Waals surface area (Å²) in [6.07, 6.45) is 1.77. The Balaban J connectivity index is 2.33. The molecule has 0 fully saturated rings. The number of halogens is 3. The molecule has 0 spiro atoms. The van der Waals surface area contributed by atoms with E-state index in [0.29, 0.717) is 0 Å². The molecular formula is C11H9F2IN2. The molecule has 0 aliphatic carbocycles. The number of nitrogens with zero attached hydrogens (tertiary/aromatic N) is 2. The van der Waals surface area contributed by atoms with Crippen LogP contribution < -0.4 is 0 Å². The number of rotatable bonds is 2. The number of aromatic nitrogens is 2. The molecule has 0 N–H and O–H groups in total. The standard InChI is InChI=1S/C11H9F2IN2/c1-7-5-16(15-11(7)14)6-8-9(12)3-2-4-10(8)13/h2-5H,6H2,1H3. The van der Waals surface area contributed by atoms with Gasteiger partial charge in [0, 0.05) is 17.3 Å². The maximum absolute atomic E-state index is 13.4. The van der Waals surface area contributed by atoms with Crippen LogP contribution in [0.15, 0.2) is 24.4 Å². The Bertz CT molecular complexity index is 483. The first-order valence-corrected chi connectivity index (χ1v) is 5.78. The van der Waals surface area contributed by atoms with Gasteiger partial charge in [0.15, 0.2) is 0 Å². The second kappa shape index (κ2) is 4.48. The van der Waals surface area contributed by atoms with E-state index in [1.54, 1.807) is 10.9 Å². The Hall–Kier alpha value is -0.980. The van der Waals surface area contributed by atoms with Crippen LogP contribution in [0.3, 0.4) is 0 Å². The lowest BCUT2D eigenvalue weighted by molar-refractivity contribution is 0.532. The first-order valence-electron chi connectivity index (χ1n) is 4.70. The number of aryl methyl sites for hydroxylation is 1. The van der Waals surface area contributed by atoms with E-state index in [1.807, 2.05) is 6.92 Å². The molecule has 5 heteroatoms. The number of benzene rings is 1. The van der Waals surface area contributed by atoms with Gasteiger partial charge in [0.2, 0.25) is 0 Å². The monoisotopic (exact) mass is 334 g/mol. The van der Waals surface area contributed by atoms with Crippen molar-refractivity contribution in [1.82, 2.24) is 9.78 Å². The van der Waals surface area contributed by atoms with Gasteiger partial charge in [-0.2, -0.15) is 5.10 Å². The van der Waals surface area contributed by atoms with Crippen molar-refractivity contribution in [2.75, 3.05) is 0 Å². The predicted octanol–water partition coefficient (Wildman–Crippen LogP) is 3.12. The van der Waals surface area contributed by atoms with Crippen molar-refractivity contribution in [3.05, 3.63) is 50.9 Å². The SMILES string of the molecule is Cc1cn(Cc2c(F)cccc2F)nc1I. The molecule has 0 amide bonds. The zero-order chi connectivity index (χ0) is 11.7. The summed E-state index contributed by atoms with van der Waals surface area (Å²) < 4.78 is 29.1. The molecule has 1 aromatic heterocycles. The van der Waals surface area contributed by atoms with E-state index in [0.717, 1.165) is 9.26 Å². The zero-order valence-electron chi connectivity index (χ0n) is 8.54. The van der Waals surface area contributed by atoms with E-state index in [9.17, 15) is 8.78 Å². The molecule has 1 heterocycles. The molecule has 2 aromatic rings. The van der Waals surface area contributed by atoms with Crippen LogP contribution >= 0.6 is 22.6 Å². The van der Waals surface area contributed by atoms with Gasteiger partial charge in [0.25, 0.3) is 0 Å². The summed E-state index contributed by atoms with van der Waals surface area (Å²) in [5.74, 6) is -1.08. The second-order valence-electron chi connectivity index (χ2n) is 3.50. The third kappa shape index (κ3) is 2.23. The Morgan fingerprint density at radius 1 is 1.31 bits per heavy atom. The van der Waals surface area contributed by atoms with Gasteiger partial charge in [-0.05, 0) is 41.6 Å². The average Bonchev–Trinajstić information content (AvgIpc) is 2.53. The van der Waals surface area contributed by atoms with E-state index in [2.05, 4.69) is 27.7 Å². The predicted molar refractivity (Wildman–Crippen MR) is 65.1 cm³/mol. The van der Waals surface area contributed by atoms with Crippen molar-refractivity contribution in [3.63, 3.8) is 0 Å². The zero-order valence-corrected chi connectivity index (χ0v) is 10.7. The lowest BCUT2D eigenvalue weighted by Crippen LogP contribution is -2.05. The molecule has 1 aromatic carbocycles. The van der Waals surface area contributed by atoms with Gasteiger partial charge in [-0.25, -0.2) is 8.78 Å². The molecule has 84 valence electrons. The molecule has 16 heavy (non-hydrogen) atoms. The Morgan fingerprint density at radius 2 is 1.94 bits per heavy atom. The van der Waals surface area contributed by atoms with Crippen molar-refractivity contribution >= 4 is 22.6 Å². The van der Waals surface area contributed by atoms with Gasteiger partial charge in [-0.15, -0.1) is 0 Å². The summed E-state index contributed by atoms with van der Waals surface area (Å²) in [6.45, 7) is 2.02. The molecule has 0 atom stereocenters. The van der Waals surface area contributed by atoms with Crippen LogP contribution in [0, 0.1) is 22.3 Å². The van der Waals surface area contributed by atoms with Gasteiger partial charge in [0.1, 0.15) is 15.3 Å². The summed E-state index contributed by atoms with van der Waals surface area (Å²) in [6, 6.07) is 3.85. The van der Waals surface area contributed by atoms with E-state index in [4.69, 9.17) is 0 Å². The number of hydrogen-bond acceptors (Lipinski definition) is 1. The van der Waals surface area contributed by atoms with Gasteiger partial charge < -0.3 is 0 Å². The average molecular weight is 334 g/mol. The smallest absolute Gasteiger partial charge is 0.131 e. The number of hydrogen-bond donors (Lipinski definition) is 0. The fourth-order valence-corrected chi connectivity index (χ4v) is 1.84. The van der Waals surface area contributed by atoms with E-state index < -0.39 is 11.6 Å². The molecule has 0 saturated heterocycles. The highest BCUT2D eigenvalue weighted by atomic mass is 127. The molecule has 0 aliphatic rings. The minimum atomic E-state index is -0.539. The quantitative estimate of drug-likeness (QED) is 0.772. The van der Waals surface area contributed by atoms with E-state index >= 15 is 0 Å². The first kappa shape index (κ1) is 11.5. The summed E-state index contributed by atoms with van der Waals surface area (Å²) in [5.41, 5.74) is 1.04. The maximum Gasteiger partial charge on any atom is 0.131 e. The van der Waals surface area contributed by atoms with E-state index in [1.165, 1.54) is 18.2 Å². The highest BCUT2D eigenvalue weighted by Gasteiger charge is 2.10. The molecule has 0 unspecified atom stereocenters. The van der Waals surface area contributed by atoms with Crippen molar-refractivity contribution < 1.29 is 8.78 Å². The Morgan fingerprint density at radius 3 is 2.44 bits per heavy atom. The molecule has 0 aliphatic heterocycles. The van der Waals surface area contributed by atoms with Crippen LogP contribution in [0.1, 0.15) is 11.1 Å². The van der Waals surface area contributed by atoms with E-state index in [-0.39, 0.29) is 12.1 Å². The maximum atomic E-state index is 13.4.